The smallest absolute Gasteiger partial charge is 0.271 e. The molecule has 0 fully saturated rings. The van der Waals surface area contributed by atoms with Crippen molar-refractivity contribution in [1.29, 1.82) is 0 Å². The van der Waals surface area contributed by atoms with Crippen LogP contribution in [0.4, 0.5) is 10.8 Å². The average molecular weight is 425 g/mol. The van der Waals surface area contributed by atoms with E-state index in [0.29, 0.717) is 27.3 Å². The standard InChI is InChI=1S/C22H17ClN2O3S/c1-27-18-7-3-4-8-19(18)28-14-21(26)25(16-12-10-15(23)11-13-16)22-24-17-6-2-5-9-20(17)29-22/h2-13H,14H2,1H3. The number of amides is 1. The summed E-state index contributed by atoms with van der Waals surface area (Å²) in [6.45, 7) is -0.168. The van der Waals surface area contributed by atoms with Crippen molar-refractivity contribution in [3.05, 3.63) is 77.8 Å². The summed E-state index contributed by atoms with van der Waals surface area (Å²) in [6.07, 6.45) is 0. The molecule has 0 atom stereocenters. The molecule has 5 nitrogen and oxygen atoms in total. The maximum Gasteiger partial charge on any atom is 0.271 e. The molecule has 4 rings (SSSR count). The van der Waals surface area contributed by atoms with Gasteiger partial charge in [0.2, 0.25) is 0 Å². The molecule has 1 aromatic heterocycles. The number of hydrogen-bond acceptors (Lipinski definition) is 5. The Morgan fingerprint density at radius 3 is 2.41 bits per heavy atom. The van der Waals surface area contributed by atoms with Gasteiger partial charge in [0.1, 0.15) is 0 Å². The Balaban J connectivity index is 1.66. The molecule has 29 heavy (non-hydrogen) atoms. The molecule has 4 aromatic rings. The molecule has 0 aliphatic rings. The van der Waals surface area contributed by atoms with E-state index in [1.54, 1.807) is 48.4 Å². The van der Waals surface area contributed by atoms with Crippen molar-refractivity contribution in [2.45, 2.75) is 0 Å². The van der Waals surface area contributed by atoms with Gasteiger partial charge in [-0.25, -0.2) is 4.98 Å². The van der Waals surface area contributed by atoms with E-state index < -0.39 is 0 Å². The second kappa shape index (κ2) is 8.51. The highest BCUT2D eigenvalue weighted by Crippen LogP contribution is 2.34. The fourth-order valence-corrected chi connectivity index (χ4v) is 3.98. The summed E-state index contributed by atoms with van der Waals surface area (Å²) in [6, 6.07) is 22.0. The minimum atomic E-state index is -0.253. The molecule has 0 saturated carbocycles. The van der Waals surface area contributed by atoms with Crippen LogP contribution in [0.3, 0.4) is 0 Å². The molecule has 0 spiro atoms. The quantitative estimate of drug-likeness (QED) is 0.398. The van der Waals surface area contributed by atoms with Crippen molar-refractivity contribution in [2.75, 3.05) is 18.6 Å². The van der Waals surface area contributed by atoms with Crippen molar-refractivity contribution in [2.24, 2.45) is 0 Å². The Morgan fingerprint density at radius 1 is 1.00 bits per heavy atom. The minimum absolute atomic E-state index is 0.168. The van der Waals surface area contributed by atoms with Crippen LogP contribution < -0.4 is 14.4 Å². The summed E-state index contributed by atoms with van der Waals surface area (Å²) in [7, 11) is 1.56. The Kier molecular flexibility index (Phi) is 5.64. The van der Waals surface area contributed by atoms with Crippen LogP contribution in [-0.2, 0) is 4.79 Å². The number of anilines is 2. The first kappa shape index (κ1) is 19.2. The summed E-state index contributed by atoms with van der Waals surface area (Å²) < 4.78 is 12.0. The van der Waals surface area contributed by atoms with Gasteiger partial charge in [-0.2, -0.15) is 0 Å². The van der Waals surface area contributed by atoms with E-state index in [-0.39, 0.29) is 12.5 Å². The van der Waals surface area contributed by atoms with Crippen LogP contribution in [0.25, 0.3) is 10.2 Å². The Bertz CT molecular complexity index is 1110. The van der Waals surface area contributed by atoms with Crippen LogP contribution in [0.5, 0.6) is 11.5 Å². The second-order valence-electron chi connectivity index (χ2n) is 6.11. The Labute approximate surface area is 177 Å². The Hall–Kier alpha value is -3.09. The van der Waals surface area contributed by atoms with Crippen LogP contribution in [0, 0.1) is 0 Å². The zero-order valence-electron chi connectivity index (χ0n) is 15.5. The number of methoxy groups -OCH3 is 1. The number of rotatable bonds is 6. The molecule has 7 heteroatoms. The van der Waals surface area contributed by atoms with Gasteiger partial charge in [-0.3, -0.25) is 9.69 Å². The third kappa shape index (κ3) is 4.18. The van der Waals surface area contributed by atoms with E-state index >= 15 is 0 Å². The number of halogens is 1. The summed E-state index contributed by atoms with van der Waals surface area (Å²) in [4.78, 5) is 19.4. The highest BCUT2D eigenvalue weighted by atomic mass is 35.5. The number of ether oxygens (including phenoxy) is 2. The molecule has 0 bridgehead atoms. The second-order valence-corrected chi connectivity index (χ2v) is 7.55. The van der Waals surface area contributed by atoms with E-state index in [2.05, 4.69) is 4.98 Å². The SMILES string of the molecule is COc1ccccc1OCC(=O)N(c1ccc(Cl)cc1)c1nc2ccccc2s1. The van der Waals surface area contributed by atoms with Crippen LogP contribution in [0.2, 0.25) is 5.02 Å². The largest absolute Gasteiger partial charge is 0.493 e. The number of fused-ring (bicyclic) bond motifs is 1. The lowest BCUT2D eigenvalue weighted by Gasteiger charge is -2.20. The first-order valence-corrected chi connectivity index (χ1v) is 10.0. The summed E-state index contributed by atoms with van der Waals surface area (Å²) >= 11 is 7.47. The van der Waals surface area contributed by atoms with E-state index in [0.717, 1.165) is 10.2 Å². The molecule has 0 saturated heterocycles. The maximum atomic E-state index is 13.2. The van der Waals surface area contributed by atoms with Gasteiger partial charge in [0.25, 0.3) is 5.91 Å². The summed E-state index contributed by atoms with van der Waals surface area (Å²) in [5, 5.41) is 1.16. The fourth-order valence-electron chi connectivity index (χ4n) is 2.85. The zero-order valence-corrected chi connectivity index (χ0v) is 17.1. The van der Waals surface area contributed by atoms with Gasteiger partial charge in [0, 0.05) is 5.02 Å². The van der Waals surface area contributed by atoms with Gasteiger partial charge < -0.3 is 9.47 Å². The number of para-hydroxylation sites is 3. The maximum absolute atomic E-state index is 13.2. The van der Waals surface area contributed by atoms with Crippen LogP contribution in [-0.4, -0.2) is 24.6 Å². The number of carbonyl (C=O) groups excluding carboxylic acids is 1. The topological polar surface area (TPSA) is 51.7 Å². The molecule has 0 unspecified atom stereocenters. The lowest BCUT2D eigenvalue weighted by Crippen LogP contribution is -2.30. The van der Waals surface area contributed by atoms with Crippen molar-refractivity contribution in [3.63, 3.8) is 0 Å². The molecule has 0 N–H and O–H groups in total. The normalized spacial score (nSPS) is 10.7. The molecule has 0 radical (unpaired) electrons. The van der Waals surface area contributed by atoms with Crippen molar-refractivity contribution in [3.8, 4) is 11.5 Å². The predicted molar refractivity (Wildman–Crippen MR) is 117 cm³/mol. The van der Waals surface area contributed by atoms with E-state index in [1.807, 2.05) is 36.4 Å². The Morgan fingerprint density at radius 2 is 1.69 bits per heavy atom. The highest BCUT2D eigenvalue weighted by Gasteiger charge is 2.23. The monoisotopic (exact) mass is 424 g/mol. The lowest BCUT2D eigenvalue weighted by atomic mass is 10.3. The molecule has 146 valence electrons. The number of nitrogens with zero attached hydrogens (tertiary/aromatic N) is 2. The molecular weight excluding hydrogens is 408 g/mol. The first-order chi connectivity index (χ1) is 14.2. The average Bonchev–Trinajstić information content (AvgIpc) is 3.17. The van der Waals surface area contributed by atoms with E-state index in [1.165, 1.54) is 11.3 Å². The first-order valence-electron chi connectivity index (χ1n) is 8.85. The highest BCUT2D eigenvalue weighted by molar-refractivity contribution is 7.22. The van der Waals surface area contributed by atoms with Gasteiger partial charge in [-0.1, -0.05) is 47.2 Å². The molecule has 0 aliphatic carbocycles. The predicted octanol–water partition coefficient (Wildman–Crippen LogP) is 5.70. The van der Waals surface area contributed by atoms with Crippen molar-refractivity contribution in [1.82, 2.24) is 4.98 Å². The molecule has 1 amide bonds. The van der Waals surface area contributed by atoms with Gasteiger partial charge in [-0.15, -0.1) is 0 Å². The number of carbonyl (C=O) groups is 1. The third-order valence-electron chi connectivity index (χ3n) is 4.23. The third-order valence-corrected chi connectivity index (χ3v) is 5.50. The molecule has 0 aliphatic heterocycles. The van der Waals surface area contributed by atoms with Gasteiger partial charge in [-0.05, 0) is 48.5 Å². The van der Waals surface area contributed by atoms with Gasteiger partial charge in [0.15, 0.2) is 23.2 Å². The number of benzene rings is 3. The zero-order chi connectivity index (χ0) is 20.2. The van der Waals surface area contributed by atoms with E-state index in [4.69, 9.17) is 21.1 Å². The van der Waals surface area contributed by atoms with Crippen molar-refractivity contribution < 1.29 is 14.3 Å². The van der Waals surface area contributed by atoms with Crippen LogP contribution >= 0.6 is 22.9 Å². The lowest BCUT2D eigenvalue weighted by molar-refractivity contribution is -0.119. The summed E-state index contributed by atoms with van der Waals surface area (Å²) in [5.41, 5.74) is 1.51. The molecule has 1 heterocycles. The van der Waals surface area contributed by atoms with Crippen molar-refractivity contribution >= 4 is 49.9 Å². The fraction of sp³-hybridized carbons (Fsp3) is 0.0909. The molecule has 3 aromatic carbocycles. The van der Waals surface area contributed by atoms with E-state index in [9.17, 15) is 4.79 Å². The number of hydrogen-bond donors (Lipinski definition) is 0. The van der Waals surface area contributed by atoms with Crippen LogP contribution in [0.1, 0.15) is 0 Å². The van der Waals surface area contributed by atoms with Crippen LogP contribution in [0.15, 0.2) is 72.8 Å². The van der Waals surface area contributed by atoms with Gasteiger partial charge in [0.05, 0.1) is 23.0 Å². The number of thiazole rings is 1. The number of aromatic nitrogens is 1. The minimum Gasteiger partial charge on any atom is -0.493 e. The van der Waals surface area contributed by atoms with Gasteiger partial charge >= 0.3 is 0 Å². The summed E-state index contributed by atoms with van der Waals surface area (Å²) in [5.74, 6) is 0.819. The molecular formula is C22H17ClN2O3S.